The average molecular weight is 341 g/mol. The Labute approximate surface area is 122 Å². The molecule has 0 aliphatic rings. The topological polar surface area (TPSA) is 80.3 Å². The van der Waals surface area contributed by atoms with Gasteiger partial charge in [-0.05, 0) is 31.4 Å². The Morgan fingerprint density at radius 3 is 2.40 bits per heavy atom. The molecular formula is C11H16FNO4S3. The summed E-state index contributed by atoms with van der Waals surface area (Å²) in [5.41, 5.74) is 0. The SMILES string of the molecule is CSCC(C)NS(=O)(=O)c1cc(S(C)(=O)=O)ccc1F. The number of benzene rings is 1. The van der Waals surface area contributed by atoms with Crippen LogP contribution in [0.15, 0.2) is 28.0 Å². The Hall–Kier alpha value is -0.640. The van der Waals surface area contributed by atoms with Crippen molar-refractivity contribution in [2.45, 2.75) is 22.8 Å². The summed E-state index contributed by atoms with van der Waals surface area (Å²) in [4.78, 5) is -0.898. The fourth-order valence-electron chi connectivity index (χ4n) is 1.53. The number of rotatable bonds is 6. The number of nitrogens with one attached hydrogen (secondary N) is 1. The zero-order chi connectivity index (χ0) is 15.6. The zero-order valence-corrected chi connectivity index (χ0v) is 13.7. The van der Waals surface area contributed by atoms with Crippen LogP contribution in [-0.4, -0.2) is 41.1 Å². The first-order valence-corrected chi connectivity index (χ1v) is 10.4. The molecule has 0 saturated carbocycles. The van der Waals surface area contributed by atoms with E-state index in [1.54, 1.807) is 6.92 Å². The zero-order valence-electron chi connectivity index (χ0n) is 11.3. The predicted octanol–water partition coefficient (Wildman–Crippen LogP) is 1.26. The molecule has 0 saturated heterocycles. The van der Waals surface area contributed by atoms with E-state index < -0.39 is 36.6 Å². The molecule has 1 rings (SSSR count). The molecule has 0 radical (unpaired) electrons. The molecule has 1 aromatic carbocycles. The second kappa shape index (κ2) is 6.42. The fourth-order valence-corrected chi connectivity index (χ4v) is 4.29. The summed E-state index contributed by atoms with van der Waals surface area (Å²) in [6.45, 7) is 1.65. The van der Waals surface area contributed by atoms with Crippen molar-refractivity contribution in [3.05, 3.63) is 24.0 Å². The molecule has 0 aliphatic heterocycles. The molecule has 0 amide bonds. The van der Waals surface area contributed by atoms with Crippen molar-refractivity contribution < 1.29 is 21.2 Å². The highest BCUT2D eigenvalue weighted by Crippen LogP contribution is 2.20. The van der Waals surface area contributed by atoms with Gasteiger partial charge in [0.25, 0.3) is 0 Å². The molecule has 1 aromatic rings. The molecule has 1 atom stereocenters. The summed E-state index contributed by atoms with van der Waals surface area (Å²) >= 11 is 1.44. The highest BCUT2D eigenvalue weighted by Gasteiger charge is 2.23. The van der Waals surface area contributed by atoms with Crippen LogP contribution in [0.3, 0.4) is 0 Å². The first kappa shape index (κ1) is 17.4. The maximum Gasteiger partial charge on any atom is 0.243 e. The van der Waals surface area contributed by atoms with Gasteiger partial charge in [-0.3, -0.25) is 0 Å². The highest BCUT2D eigenvalue weighted by molar-refractivity contribution is 7.98. The van der Waals surface area contributed by atoms with Gasteiger partial charge in [-0.2, -0.15) is 11.8 Å². The lowest BCUT2D eigenvalue weighted by atomic mass is 10.3. The van der Waals surface area contributed by atoms with E-state index in [2.05, 4.69) is 4.72 Å². The standard InChI is InChI=1S/C11H16FNO4S3/c1-8(7-18-2)13-20(16,17)11-6-9(19(3,14)15)4-5-10(11)12/h4-6,8,13H,7H2,1-3H3. The van der Waals surface area contributed by atoms with E-state index >= 15 is 0 Å². The Morgan fingerprint density at radius 1 is 1.30 bits per heavy atom. The largest absolute Gasteiger partial charge is 0.243 e. The summed E-state index contributed by atoms with van der Waals surface area (Å²) in [7, 11) is -7.70. The quantitative estimate of drug-likeness (QED) is 0.788. The molecule has 1 unspecified atom stereocenters. The molecule has 1 N–H and O–H groups in total. The lowest BCUT2D eigenvalue weighted by Crippen LogP contribution is -2.34. The Kier molecular flexibility index (Phi) is 5.59. The van der Waals surface area contributed by atoms with Gasteiger partial charge in [-0.1, -0.05) is 0 Å². The van der Waals surface area contributed by atoms with Crippen molar-refractivity contribution in [2.24, 2.45) is 0 Å². The van der Waals surface area contributed by atoms with Gasteiger partial charge in [-0.25, -0.2) is 25.9 Å². The van der Waals surface area contributed by atoms with Crippen molar-refractivity contribution in [1.29, 1.82) is 0 Å². The van der Waals surface area contributed by atoms with Crippen LogP contribution in [0.25, 0.3) is 0 Å². The van der Waals surface area contributed by atoms with E-state index in [1.807, 2.05) is 6.26 Å². The van der Waals surface area contributed by atoms with E-state index in [0.29, 0.717) is 5.75 Å². The first-order chi connectivity index (χ1) is 9.08. The van der Waals surface area contributed by atoms with Gasteiger partial charge in [0.1, 0.15) is 10.7 Å². The van der Waals surface area contributed by atoms with Crippen LogP contribution in [0, 0.1) is 5.82 Å². The molecule has 0 spiro atoms. The summed E-state index contributed by atoms with van der Waals surface area (Å²) in [5, 5.41) is 0. The van der Waals surface area contributed by atoms with Crippen molar-refractivity contribution in [3.8, 4) is 0 Å². The molecule has 0 heterocycles. The minimum atomic E-state index is -4.10. The lowest BCUT2D eigenvalue weighted by molar-refractivity contribution is 0.548. The van der Waals surface area contributed by atoms with Crippen LogP contribution in [0.4, 0.5) is 4.39 Å². The number of sulfonamides is 1. The molecule has 5 nitrogen and oxygen atoms in total. The normalized spacial score (nSPS) is 14.2. The van der Waals surface area contributed by atoms with Crippen LogP contribution in [0.2, 0.25) is 0 Å². The van der Waals surface area contributed by atoms with Gasteiger partial charge in [0, 0.05) is 18.1 Å². The van der Waals surface area contributed by atoms with E-state index in [9.17, 15) is 21.2 Å². The Morgan fingerprint density at radius 2 is 1.90 bits per heavy atom. The molecule has 20 heavy (non-hydrogen) atoms. The second-order valence-electron chi connectivity index (χ2n) is 4.34. The van der Waals surface area contributed by atoms with Gasteiger partial charge >= 0.3 is 0 Å². The summed E-state index contributed by atoms with van der Waals surface area (Å²) < 4.78 is 62.9. The molecule has 0 aliphatic carbocycles. The lowest BCUT2D eigenvalue weighted by Gasteiger charge is -2.14. The minimum Gasteiger partial charge on any atom is -0.224 e. The highest BCUT2D eigenvalue weighted by atomic mass is 32.2. The average Bonchev–Trinajstić information content (AvgIpc) is 2.26. The first-order valence-electron chi connectivity index (χ1n) is 5.59. The molecule has 9 heteroatoms. The van der Waals surface area contributed by atoms with Gasteiger partial charge in [0.05, 0.1) is 4.90 Å². The van der Waals surface area contributed by atoms with E-state index in [1.165, 1.54) is 11.8 Å². The van der Waals surface area contributed by atoms with Gasteiger partial charge in [0.15, 0.2) is 9.84 Å². The maximum absolute atomic E-state index is 13.7. The smallest absolute Gasteiger partial charge is 0.224 e. The van der Waals surface area contributed by atoms with E-state index in [0.717, 1.165) is 24.5 Å². The molecule has 114 valence electrons. The van der Waals surface area contributed by atoms with Gasteiger partial charge < -0.3 is 0 Å². The summed E-state index contributed by atoms with van der Waals surface area (Å²) in [5.74, 6) is -0.464. The van der Waals surface area contributed by atoms with Crippen LogP contribution in [0.5, 0.6) is 0 Å². The monoisotopic (exact) mass is 341 g/mol. The summed E-state index contributed by atoms with van der Waals surface area (Å²) in [6.07, 6.45) is 2.75. The molecule has 0 fully saturated rings. The number of thioether (sulfide) groups is 1. The molecule has 0 bridgehead atoms. The van der Waals surface area contributed by atoms with Crippen molar-refractivity contribution in [2.75, 3.05) is 18.3 Å². The number of hydrogen-bond acceptors (Lipinski definition) is 5. The Balaban J connectivity index is 3.24. The van der Waals surface area contributed by atoms with Crippen LogP contribution < -0.4 is 4.72 Å². The van der Waals surface area contributed by atoms with Crippen LogP contribution >= 0.6 is 11.8 Å². The fraction of sp³-hybridized carbons (Fsp3) is 0.455. The molecular weight excluding hydrogens is 325 g/mol. The van der Waals surface area contributed by atoms with E-state index in [4.69, 9.17) is 0 Å². The predicted molar refractivity (Wildman–Crippen MR) is 77.7 cm³/mol. The second-order valence-corrected chi connectivity index (χ2v) is 8.95. The third-order valence-electron chi connectivity index (χ3n) is 2.39. The van der Waals surface area contributed by atoms with Crippen molar-refractivity contribution in [1.82, 2.24) is 4.72 Å². The maximum atomic E-state index is 13.7. The van der Waals surface area contributed by atoms with E-state index in [-0.39, 0.29) is 4.90 Å². The van der Waals surface area contributed by atoms with Crippen LogP contribution in [-0.2, 0) is 19.9 Å². The van der Waals surface area contributed by atoms with Crippen molar-refractivity contribution in [3.63, 3.8) is 0 Å². The summed E-state index contributed by atoms with van der Waals surface area (Å²) in [6, 6.07) is 2.31. The number of halogens is 1. The van der Waals surface area contributed by atoms with Crippen molar-refractivity contribution >= 4 is 31.6 Å². The third kappa shape index (κ3) is 4.44. The van der Waals surface area contributed by atoms with Crippen LogP contribution in [0.1, 0.15) is 6.92 Å². The third-order valence-corrected chi connectivity index (χ3v) is 5.94. The number of sulfone groups is 1. The number of hydrogen-bond donors (Lipinski definition) is 1. The minimum absolute atomic E-state index is 0.239. The van der Waals surface area contributed by atoms with Gasteiger partial charge in [-0.15, -0.1) is 0 Å². The van der Waals surface area contributed by atoms with Gasteiger partial charge in [0.2, 0.25) is 10.0 Å². The Bertz CT molecular complexity index is 686. The molecule has 0 aromatic heterocycles.